The van der Waals surface area contributed by atoms with Gasteiger partial charge in [-0.1, -0.05) is 30.3 Å². The number of hydrogen-bond donors (Lipinski definition) is 1. The van der Waals surface area contributed by atoms with E-state index < -0.39 is 0 Å². The lowest BCUT2D eigenvalue weighted by molar-refractivity contribution is 0.0894. The topological polar surface area (TPSA) is 48.1 Å². The van der Waals surface area contributed by atoms with Crippen LogP contribution in [0, 0.1) is 0 Å². The minimum Gasteiger partial charge on any atom is -0.370 e. The number of benzene rings is 1. The van der Waals surface area contributed by atoms with Crippen LogP contribution in [0.5, 0.6) is 0 Å². The van der Waals surface area contributed by atoms with Gasteiger partial charge in [0.2, 0.25) is 0 Å². The van der Waals surface area contributed by atoms with Crippen LogP contribution in [-0.2, 0) is 0 Å². The van der Waals surface area contributed by atoms with Crippen LogP contribution in [0.3, 0.4) is 0 Å². The lowest BCUT2D eigenvalue weighted by Crippen LogP contribution is -2.47. The molecule has 1 atom stereocenters. The fourth-order valence-electron chi connectivity index (χ4n) is 2.82. The molecule has 0 radical (unpaired) electrons. The molecule has 0 amide bonds. The molecule has 1 saturated heterocycles. The van der Waals surface area contributed by atoms with Crippen molar-refractivity contribution >= 4 is 5.96 Å². The lowest BCUT2D eigenvalue weighted by Gasteiger charge is -2.40. The molecular formula is C17H29N5. The van der Waals surface area contributed by atoms with Crippen LogP contribution in [0.1, 0.15) is 18.0 Å². The first-order valence-electron chi connectivity index (χ1n) is 8.02. The first-order valence-corrected chi connectivity index (χ1v) is 8.02. The Hall–Kier alpha value is -1.59. The van der Waals surface area contributed by atoms with Crippen molar-refractivity contribution in [2.24, 2.45) is 10.7 Å². The number of rotatable bonds is 5. The van der Waals surface area contributed by atoms with Gasteiger partial charge in [-0.05, 0) is 19.0 Å². The molecule has 22 heavy (non-hydrogen) atoms. The highest BCUT2D eigenvalue weighted by Gasteiger charge is 2.25. The molecule has 5 nitrogen and oxygen atoms in total. The fraction of sp³-hybridized carbons (Fsp3) is 0.588. The summed E-state index contributed by atoms with van der Waals surface area (Å²) in [6.45, 7) is 5.19. The average molecular weight is 303 g/mol. The third-order valence-corrected chi connectivity index (χ3v) is 4.21. The second-order valence-corrected chi connectivity index (χ2v) is 6.21. The van der Waals surface area contributed by atoms with E-state index in [9.17, 15) is 0 Å². The van der Waals surface area contributed by atoms with E-state index in [-0.39, 0.29) is 0 Å². The van der Waals surface area contributed by atoms with Crippen LogP contribution in [-0.4, -0.2) is 74.5 Å². The lowest BCUT2D eigenvalue weighted by atomic mass is 10.0. The summed E-state index contributed by atoms with van der Waals surface area (Å²) in [5, 5.41) is 0. The number of likely N-dealkylation sites (N-methyl/N-ethyl adjacent to an activating group) is 1. The Labute approximate surface area is 134 Å². The molecule has 1 aliphatic heterocycles. The Kier molecular flexibility index (Phi) is 6.21. The monoisotopic (exact) mass is 303 g/mol. The molecule has 1 fully saturated rings. The molecule has 0 bridgehead atoms. The Bertz CT molecular complexity index is 471. The zero-order valence-corrected chi connectivity index (χ0v) is 14.1. The zero-order valence-electron chi connectivity index (χ0n) is 14.1. The minimum absolute atomic E-state index is 0.482. The molecule has 0 aromatic heterocycles. The summed E-state index contributed by atoms with van der Waals surface area (Å²) in [5.41, 5.74) is 7.24. The molecule has 0 saturated carbocycles. The van der Waals surface area contributed by atoms with Gasteiger partial charge in [-0.15, -0.1) is 0 Å². The fourth-order valence-corrected chi connectivity index (χ4v) is 2.82. The van der Waals surface area contributed by atoms with Crippen molar-refractivity contribution in [3.63, 3.8) is 0 Å². The summed E-state index contributed by atoms with van der Waals surface area (Å²) >= 11 is 0. The van der Waals surface area contributed by atoms with E-state index >= 15 is 0 Å². The number of hydrogen-bond acceptors (Lipinski definition) is 3. The molecule has 1 aromatic rings. The number of piperazine rings is 1. The maximum atomic E-state index is 5.83. The van der Waals surface area contributed by atoms with Gasteiger partial charge in [0.25, 0.3) is 0 Å². The molecule has 1 aromatic carbocycles. The van der Waals surface area contributed by atoms with Gasteiger partial charge in [0, 0.05) is 52.9 Å². The molecule has 122 valence electrons. The Morgan fingerprint density at radius 2 is 2.00 bits per heavy atom. The normalized spacial score (nSPS) is 21.0. The van der Waals surface area contributed by atoms with Gasteiger partial charge in [0.1, 0.15) is 0 Å². The molecule has 0 spiro atoms. The standard InChI is InChI=1S/C17H29N5/c1-20(2)17(18)19-10-7-11-22-13-12-21(3)14-16(22)15-8-5-4-6-9-15/h4-6,8-9,16H,7,10-14H2,1-3H3,(H2,18,19)/t16-/m1/s1. The highest BCUT2D eigenvalue weighted by atomic mass is 15.3. The van der Waals surface area contributed by atoms with Gasteiger partial charge in [0.05, 0.1) is 0 Å². The largest absolute Gasteiger partial charge is 0.370 e. The quantitative estimate of drug-likeness (QED) is 0.505. The van der Waals surface area contributed by atoms with E-state index in [2.05, 4.69) is 52.2 Å². The van der Waals surface area contributed by atoms with Gasteiger partial charge in [-0.2, -0.15) is 0 Å². The highest BCUT2D eigenvalue weighted by molar-refractivity contribution is 5.77. The molecule has 5 heteroatoms. The Morgan fingerprint density at radius 3 is 2.68 bits per heavy atom. The SMILES string of the molecule is CN1CCN(CCCN=C(N)N(C)C)[C@@H](c2ccccc2)C1. The maximum Gasteiger partial charge on any atom is 0.190 e. The van der Waals surface area contributed by atoms with E-state index in [1.165, 1.54) is 5.56 Å². The van der Waals surface area contributed by atoms with Crippen molar-refractivity contribution in [1.82, 2.24) is 14.7 Å². The Balaban J connectivity index is 1.91. The second-order valence-electron chi connectivity index (χ2n) is 6.21. The number of guanidine groups is 1. The smallest absolute Gasteiger partial charge is 0.190 e. The van der Waals surface area contributed by atoms with Crippen LogP contribution in [0.25, 0.3) is 0 Å². The maximum absolute atomic E-state index is 5.83. The van der Waals surface area contributed by atoms with Crippen LogP contribution >= 0.6 is 0 Å². The van der Waals surface area contributed by atoms with E-state index in [0.29, 0.717) is 12.0 Å². The molecule has 2 N–H and O–H groups in total. The molecule has 1 aliphatic rings. The zero-order chi connectivity index (χ0) is 15.9. The van der Waals surface area contributed by atoms with Gasteiger partial charge in [-0.3, -0.25) is 9.89 Å². The number of nitrogens with zero attached hydrogens (tertiary/aromatic N) is 4. The van der Waals surface area contributed by atoms with Gasteiger partial charge >= 0.3 is 0 Å². The average Bonchev–Trinajstić information content (AvgIpc) is 2.53. The first kappa shape index (κ1) is 16.8. The Morgan fingerprint density at radius 1 is 1.27 bits per heavy atom. The predicted molar refractivity (Wildman–Crippen MR) is 93.0 cm³/mol. The first-order chi connectivity index (χ1) is 10.6. The second kappa shape index (κ2) is 8.15. The number of aliphatic imine (C=N–C) groups is 1. The van der Waals surface area contributed by atoms with Gasteiger partial charge < -0.3 is 15.5 Å². The van der Waals surface area contributed by atoms with Gasteiger partial charge in [0.15, 0.2) is 5.96 Å². The van der Waals surface area contributed by atoms with E-state index in [1.54, 1.807) is 0 Å². The third kappa shape index (κ3) is 4.71. The minimum atomic E-state index is 0.482. The predicted octanol–water partition coefficient (Wildman–Crippen LogP) is 1.24. The molecule has 0 aliphatic carbocycles. The highest BCUT2D eigenvalue weighted by Crippen LogP contribution is 2.24. The van der Waals surface area contributed by atoms with Crippen LogP contribution in [0.2, 0.25) is 0 Å². The summed E-state index contributed by atoms with van der Waals surface area (Å²) in [7, 11) is 6.05. The molecular weight excluding hydrogens is 274 g/mol. The van der Waals surface area contributed by atoms with Crippen molar-refractivity contribution in [2.75, 3.05) is 53.9 Å². The number of nitrogens with two attached hydrogens (primary N) is 1. The summed E-state index contributed by atoms with van der Waals surface area (Å²) in [5.74, 6) is 0.609. The van der Waals surface area contributed by atoms with Crippen molar-refractivity contribution in [2.45, 2.75) is 12.5 Å². The summed E-state index contributed by atoms with van der Waals surface area (Å²) < 4.78 is 0. The van der Waals surface area contributed by atoms with Crippen molar-refractivity contribution in [3.05, 3.63) is 35.9 Å². The summed E-state index contributed by atoms with van der Waals surface area (Å²) in [6.07, 6.45) is 1.04. The molecule has 2 rings (SSSR count). The summed E-state index contributed by atoms with van der Waals surface area (Å²) in [4.78, 5) is 11.2. The van der Waals surface area contributed by atoms with E-state index in [0.717, 1.165) is 39.1 Å². The van der Waals surface area contributed by atoms with Crippen molar-refractivity contribution in [3.8, 4) is 0 Å². The van der Waals surface area contributed by atoms with Crippen molar-refractivity contribution in [1.29, 1.82) is 0 Å². The van der Waals surface area contributed by atoms with Gasteiger partial charge in [-0.25, -0.2) is 0 Å². The molecule has 1 heterocycles. The van der Waals surface area contributed by atoms with Crippen LogP contribution in [0.4, 0.5) is 0 Å². The molecule has 0 unspecified atom stereocenters. The van der Waals surface area contributed by atoms with Crippen LogP contribution < -0.4 is 5.73 Å². The third-order valence-electron chi connectivity index (χ3n) is 4.21. The van der Waals surface area contributed by atoms with Crippen LogP contribution in [0.15, 0.2) is 35.3 Å². The summed E-state index contributed by atoms with van der Waals surface area (Å²) in [6, 6.07) is 11.3. The van der Waals surface area contributed by atoms with E-state index in [1.807, 2.05) is 19.0 Å². The van der Waals surface area contributed by atoms with Crippen molar-refractivity contribution < 1.29 is 0 Å². The van der Waals surface area contributed by atoms with E-state index in [4.69, 9.17) is 5.73 Å².